The van der Waals surface area contributed by atoms with Crippen LogP contribution in [0.4, 0.5) is 8.78 Å². The Labute approximate surface area is 106 Å². The summed E-state index contributed by atoms with van der Waals surface area (Å²) in [7, 11) is 1.74. The number of rotatable bonds is 3. The van der Waals surface area contributed by atoms with E-state index < -0.39 is 11.6 Å². The van der Waals surface area contributed by atoms with Crippen LogP contribution in [-0.2, 0) is 4.74 Å². The predicted octanol–water partition coefficient (Wildman–Crippen LogP) is 2.96. The first kappa shape index (κ1) is 13.4. The van der Waals surface area contributed by atoms with Crippen LogP contribution in [0.25, 0.3) is 0 Å². The topological polar surface area (TPSA) is 21.3 Å². The van der Waals surface area contributed by atoms with Crippen molar-refractivity contribution >= 4 is 0 Å². The van der Waals surface area contributed by atoms with E-state index in [2.05, 4.69) is 5.32 Å². The molecule has 2 unspecified atom stereocenters. The predicted molar refractivity (Wildman–Crippen MR) is 66.4 cm³/mol. The van der Waals surface area contributed by atoms with E-state index >= 15 is 0 Å². The Hall–Kier alpha value is -1.00. The van der Waals surface area contributed by atoms with E-state index in [1.54, 1.807) is 14.0 Å². The lowest BCUT2D eigenvalue weighted by Crippen LogP contribution is -2.32. The molecule has 2 rings (SSSR count). The van der Waals surface area contributed by atoms with E-state index in [1.165, 1.54) is 12.1 Å². The van der Waals surface area contributed by atoms with Crippen molar-refractivity contribution in [2.75, 3.05) is 20.3 Å². The number of benzene rings is 1. The minimum absolute atomic E-state index is 0.120. The first-order chi connectivity index (χ1) is 8.65. The van der Waals surface area contributed by atoms with Gasteiger partial charge in [-0.05, 0) is 38.4 Å². The van der Waals surface area contributed by atoms with Gasteiger partial charge in [0.05, 0.1) is 6.61 Å². The molecule has 1 aliphatic heterocycles. The van der Waals surface area contributed by atoms with Crippen LogP contribution in [0.5, 0.6) is 0 Å². The molecule has 0 saturated carbocycles. The van der Waals surface area contributed by atoms with Gasteiger partial charge in [0, 0.05) is 24.1 Å². The lowest BCUT2D eigenvalue weighted by Gasteiger charge is -2.31. The number of nitrogens with one attached hydrogen (secondary N) is 1. The first-order valence-electron chi connectivity index (χ1n) is 6.34. The highest BCUT2D eigenvalue weighted by molar-refractivity contribution is 5.29. The van der Waals surface area contributed by atoms with Crippen molar-refractivity contribution in [2.45, 2.75) is 25.8 Å². The SMILES string of the molecule is CNC(c1c(F)ccc(C)c1F)C1CCCOC1. The van der Waals surface area contributed by atoms with E-state index in [0.29, 0.717) is 12.2 Å². The molecule has 2 atom stereocenters. The molecule has 1 saturated heterocycles. The zero-order chi connectivity index (χ0) is 13.1. The molecule has 1 aliphatic rings. The summed E-state index contributed by atoms with van der Waals surface area (Å²) in [6.07, 6.45) is 1.87. The molecular formula is C14H19F2NO. The van der Waals surface area contributed by atoms with E-state index in [4.69, 9.17) is 4.74 Å². The average molecular weight is 255 g/mol. The van der Waals surface area contributed by atoms with E-state index in [0.717, 1.165) is 19.4 Å². The fourth-order valence-corrected chi connectivity index (χ4v) is 2.61. The molecule has 0 aliphatic carbocycles. The van der Waals surface area contributed by atoms with E-state index in [9.17, 15) is 8.78 Å². The third kappa shape index (κ3) is 2.54. The molecule has 100 valence electrons. The molecule has 0 radical (unpaired) electrons. The van der Waals surface area contributed by atoms with Gasteiger partial charge in [0.25, 0.3) is 0 Å². The summed E-state index contributed by atoms with van der Waals surface area (Å²) in [5.74, 6) is -0.808. The normalized spacial score (nSPS) is 21.9. The van der Waals surface area contributed by atoms with Crippen molar-refractivity contribution in [3.05, 3.63) is 34.9 Å². The highest BCUT2D eigenvalue weighted by Crippen LogP contribution is 2.32. The number of aryl methyl sites for hydroxylation is 1. The van der Waals surface area contributed by atoms with Crippen LogP contribution in [0.2, 0.25) is 0 Å². The van der Waals surface area contributed by atoms with Gasteiger partial charge in [-0.1, -0.05) is 6.07 Å². The maximum absolute atomic E-state index is 14.1. The molecule has 0 aromatic heterocycles. The van der Waals surface area contributed by atoms with Crippen molar-refractivity contribution in [1.82, 2.24) is 5.32 Å². The molecular weight excluding hydrogens is 236 g/mol. The summed E-state index contributed by atoms with van der Waals surface area (Å²) in [5, 5.41) is 3.04. The van der Waals surface area contributed by atoms with Crippen LogP contribution in [0.15, 0.2) is 12.1 Å². The van der Waals surface area contributed by atoms with Crippen LogP contribution in [0.1, 0.15) is 30.0 Å². The van der Waals surface area contributed by atoms with Crippen LogP contribution in [-0.4, -0.2) is 20.3 Å². The lowest BCUT2D eigenvalue weighted by molar-refractivity contribution is 0.0391. The Morgan fingerprint density at radius 3 is 2.78 bits per heavy atom. The summed E-state index contributed by atoms with van der Waals surface area (Å²) < 4.78 is 33.4. The van der Waals surface area contributed by atoms with Crippen LogP contribution >= 0.6 is 0 Å². The Morgan fingerprint density at radius 2 is 2.17 bits per heavy atom. The zero-order valence-electron chi connectivity index (χ0n) is 10.8. The third-order valence-electron chi connectivity index (χ3n) is 3.61. The number of hydrogen-bond donors (Lipinski definition) is 1. The molecule has 1 aromatic carbocycles. The second-order valence-electron chi connectivity index (χ2n) is 4.84. The number of halogens is 2. The minimum Gasteiger partial charge on any atom is -0.381 e. The third-order valence-corrected chi connectivity index (χ3v) is 3.61. The molecule has 1 N–H and O–H groups in total. The fourth-order valence-electron chi connectivity index (χ4n) is 2.61. The molecule has 2 nitrogen and oxygen atoms in total. The van der Waals surface area contributed by atoms with Crippen LogP contribution < -0.4 is 5.32 Å². The van der Waals surface area contributed by atoms with Crippen molar-refractivity contribution < 1.29 is 13.5 Å². The van der Waals surface area contributed by atoms with Gasteiger partial charge in [-0.25, -0.2) is 8.78 Å². The summed E-state index contributed by atoms with van der Waals surface area (Å²) in [4.78, 5) is 0. The van der Waals surface area contributed by atoms with E-state index in [1.807, 2.05) is 0 Å². The Morgan fingerprint density at radius 1 is 1.39 bits per heavy atom. The fraction of sp³-hybridized carbons (Fsp3) is 0.571. The van der Waals surface area contributed by atoms with Gasteiger partial charge in [-0.15, -0.1) is 0 Å². The monoisotopic (exact) mass is 255 g/mol. The quantitative estimate of drug-likeness (QED) is 0.896. The van der Waals surface area contributed by atoms with Crippen molar-refractivity contribution in [1.29, 1.82) is 0 Å². The van der Waals surface area contributed by atoms with E-state index in [-0.39, 0.29) is 17.5 Å². The second-order valence-corrected chi connectivity index (χ2v) is 4.84. The minimum atomic E-state index is -0.483. The zero-order valence-corrected chi connectivity index (χ0v) is 10.8. The van der Waals surface area contributed by atoms with Crippen molar-refractivity contribution in [3.8, 4) is 0 Å². The summed E-state index contributed by atoms with van der Waals surface area (Å²) in [6, 6.07) is 2.48. The smallest absolute Gasteiger partial charge is 0.133 e. The lowest BCUT2D eigenvalue weighted by atomic mass is 9.87. The molecule has 18 heavy (non-hydrogen) atoms. The maximum Gasteiger partial charge on any atom is 0.133 e. The number of hydrogen-bond acceptors (Lipinski definition) is 2. The molecule has 1 heterocycles. The second kappa shape index (κ2) is 5.76. The molecule has 1 aromatic rings. The van der Waals surface area contributed by atoms with Gasteiger partial charge in [-0.3, -0.25) is 0 Å². The Balaban J connectivity index is 2.34. The molecule has 0 bridgehead atoms. The van der Waals surface area contributed by atoms with Crippen molar-refractivity contribution in [3.63, 3.8) is 0 Å². The van der Waals surface area contributed by atoms with Crippen LogP contribution in [0, 0.1) is 24.5 Å². The summed E-state index contributed by atoms with van der Waals surface area (Å²) in [6.45, 7) is 2.95. The van der Waals surface area contributed by atoms with Gasteiger partial charge >= 0.3 is 0 Å². The molecule has 4 heteroatoms. The Kier molecular flexibility index (Phi) is 4.30. The molecule has 0 amide bonds. The van der Waals surface area contributed by atoms with Gasteiger partial charge in [0.2, 0.25) is 0 Å². The van der Waals surface area contributed by atoms with Gasteiger partial charge in [-0.2, -0.15) is 0 Å². The highest BCUT2D eigenvalue weighted by atomic mass is 19.1. The maximum atomic E-state index is 14.1. The van der Waals surface area contributed by atoms with Gasteiger partial charge in [0.1, 0.15) is 11.6 Å². The van der Waals surface area contributed by atoms with Gasteiger partial charge in [0.15, 0.2) is 0 Å². The summed E-state index contributed by atoms with van der Waals surface area (Å²) in [5.41, 5.74) is 0.622. The first-order valence-corrected chi connectivity index (χ1v) is 6.34. The summed E-state index contributed by atoms with van der Waals surface area (Å²) >= 11 is 0. The molecule has 0 spiro atoms. The Bertz CT molecular complexity index is 417. The largest absolute Gasteiger partial charge is 0.381 e. The number of ether oxygens (including phenoxy) is 1. The van der Waals surface area contributed by atoms with Gasteiger partial charge < -0.3 is 10.1 Å². The average Bonchev–Trinajstić information content (AvgIpc) is 2.40. The molecule has 1 fully saturated rings. The van der Waals surface area contributed by atoms with Crippen LogP contribution in [0.3, 0.4) is 0 Å². The standard InChI is InChI=1S/C14H19F2NO/c1-9-5-6-11(15)12(13(9)16)14(17-2)10-4-3-7-18-8-10/h5-6,10,14,17H,3-4,7-8H2,1-2H3. The highest BCUT2D eigenvalue weighted by Gasteiger charge is 2.29. The van der Waals surface area contributed by atoms with Crippen molar-refractivity contribution in [2.24, 2.45) is 5.92 Å².